The Morgan fingerprint density at radius 2 is 1.82 bits per heavy atom. The maximum Gasteiger partial charge on any atom is 0.330 e. The topological polar surface area (TPSA) is 66.5 Å². The van der Waals surface area contributed by atoms with Crippen molar-refractivity contribution in [1.82, 2.24) is 9.62 Å². The van der Waals surface area contributed by atoms with Gasteiger partial charge in [-0.25, -0.2) is 17.9 Å². The van der Waals surface area contributed by atoms with E-state index in [0.29, 0.717) is 0 Å². The molecule has 0 aliphatic rings. The van der Waals surface area contributed by atoms with E-state index in [9.17, 15) is 13.2 Å². The smallest absolute Gasteiger partial charge is 0.330 e. The molecule has 0 spiro atoms. The molecule has 1 aromatic carbocycles. The predicted octanol–water partition coefficient (Wildman–Crippen LogP) is 1.26. The molecule has 17 heavy (non-hydrogen) atoms. The number of hydrogen-bond donors (Lipinski definition) is 1. The number of nitrogens with one attached hydrogen (secondary N) is 1. The molecule has 0 heterocycles. The van der Waals surface area contributed by atoms with Gasteiger partial charge in [-0.2, -0.15) is 0 Å². The molecule has 0 aromatic heterocycles. The summed E-state index contributed by atoms with van der Waals surface area (Å²) in [6.07, 6.45) is 1.42. The zero-order valence-corrected chi connectivity index (χ0v) is 10.4. The third-order valence-electron chi connectivity index (χ3n) is 1.87. The molecule has 0 fully saturated rings. The molecule has 6 heteroatoms. The molecule has 5 nitrogen and oxygen atoms in total. The number of benzene rings is 1. The highest BCUT2D eigenvalue weighted by atomic mass is 32.2. The van der Waals surface area contributed by atoms with Crippen LogP contribution in [0.25, 0.3) is 6.08 Å². The minimum Gasteiger partial charge on any atom is -0.330 e. The largest absolute Gasteiger partial charge is 0.330 e. The summed E-state index contributed by atoms with van der Waals surface area (Å²) in [7, 11) is -0.818. The quantitative estimate of drug-likeness (QED) is 0.883. The van der Waals surface area contributed by atoms with Gasteiger partial charge in [0, 0.05) is 14.1 Å². The Balaban J connectivity index is 2.74. The minimum atomic E-state index is -3.75. The van der Waals surface area contributed by atoms with Gasteiger partial charge in [0.1, 0.15) is 0 Å². The number of hydrogen-bond acceptors (Lipinski definition) is 3. The summed E-state index contributed by atoms with van der Waals surface area (Å²) >= 11 is 0. The van der Waals surface area contributed by atoms with Crippen molar-refractivity contribution in [3.05, 3.63) is 41.3 Å². The van der Waals surface area contributed by atoms with Crippen LogP contribution in [0.4, 0.5) is 4.79 Å². The summed E-state index contributed by atoms with van der Waals surface area (Å²) < 4.78 is 24.8. The van der Waals surface area contributed by atoms with Gasteiger partial charge in [-0.3, -0.25) is 0 Å². The van der Waals surface area contributed by atoms with Crippen molar-refractivity contribution in [1.29, 1.82) is 0 Å². The van der Waals surface area contributed by atoms with Crippen LogP contribution < -0.4 is 4.72 Å². The Morgan fingerprint density at radius 3 is 2.35 bits per heavy atom. The van der Waals surface area contributed by atoms with E-state index < -0.39 is 16.1 Å². The second kappa shape index (κ2) is 5.49. The predicted molar refractivity (Wildman–Crippen MR) is 66.6 cm³/mol. The molecular formula is C11H14N2O3S. The van der Waals surface area contributed by atoms with Crippen molar-refractivity contribution < 1.29 is 13.2 Å². The second-order valence-electron chi connectivity index (χ2n) is 3.56. The fourth-order valence-electron chi connectivity index (χ4n) is 0.979. The van der Waals surface area contributed by atoms with E-state index >= 15 is 0 Å². The standard InChI is InChI=1S/C11H14N2O3S/c1-13(2)11(14)12-17(15,16)9-8-10-6-4-3-5-7-10/h3-9H,1-2H3,(H,12,14)/b9-8+. The highest BCUT2D eigenvalue weighted by Gasteiger charge is 2.11. The summed E-state index contributed by atoms with van der Waals surface area (Å²) in [5, 5.41) is 0.962. The maximum absolute atomic E-state index is 11.5. The van der Waals surface area contributed by atoms with Crippen LogP contribution in [0.3, 0.4) is 0 Å². The second-order valence-corrected chi connectivity index (χ2v) is 5.13. The van der Waals surface area contributed by atoms with Crippen LogP contribution in [-0.2, 0) is 10.0 Å². The van der Waals surface area contributed by atoms with E-state index in [0.717, 1.165) is 15.9 Å². The van der Waals surface area contributed by atoms with Crippen LogP contribution >= 0.6 is 0 Å². The number of carbonyl (C=O) groups is 1. The van der Waals surface area contributed by atoms with E-state index in [1.165, 1.54) is 20.2 Å². The molecule has 0 aliphatic carbocycles. The fourth-order valence-corrected chi connectivity index (χ4v) is 1.81. The number of rotatable bonds is 3. The summed E-state index contributed by atoms with van der Waals surface area (Å²) in [6.45, 7) is 0. The number of carbonyl (C=O) groups excluding carboxylic acids is 1. The van der Waals surface area contributed by atoms with Crippen molar-refractivity contribution in [2.45, 2.75) is 0 Å². The summed E-state index contributed by atoms with van der Waals surface area (Å²) in [5.41, 5.74) is 0.746. The van der Waals surface area contributed by atoms with Crippen molar-refractivity contribution in [2.24, 2.45) is 0 Å². The molecule has 1 N–H and O–H groups in total. The van der Waals surface area contributed by atoms with Crippen molar-refractivity contribution in [2.75, 3.05) is 14.1 Å². The first-order valence-electron chi connectivity index (χ1n) is 4.88. The number of urea groups is 1. The van der Waals surface area contributed by atoms with E-state index in [1.54, 1.807) is 24.3 Å². The Kier molecular flexibility index (Phi) is 4.28. The molecule has 0 saturated heterocycles. The first-order valence-corrected chi connectivity index (χ1v) is 6.42. The molecule has 1 aromatic rings. The third-order valence-corrected chi connectivity index (χ3v) is 2.83. The minimum absolute atomic E-state index is 0.678. The van der Waals surface area contributed by atoms with Crippen LogP contribution in [0, 0.1) is 0 Å². The zero-order chi connectivity index (χ0) is 12.9. The van der Waals surface area contributed by atoms with Crippen molar-refractivity contribution >= 4 is 22.1 Å². The molecular weight excluding hydrogens is 240 g/mol. The normalized spacial score (nSPS) is 11.4. The average molecular weight is 254 g/mol. The SMILES string of the molecule is CN(C)C(=O)NS(=O)(=O)/C=C/c1ccccc1. The Morgan fingerprint density at radius 1 is 1.24 bits per heavy atom. The van der Waals surface area contributed by atoms with Gasteiger partial charge >= 0.3 is 6.03 Å². The fraction of sp³-hybridized carbons (Fsp3) is 0.182. The van der Waals surface area contributed by atoms with Crippen LogP contribution in [-0.4, -0.2) is 33.4 Å². The molecule has 0 aliphatic heterocycles. The molecule has 0 unspecified atom stereocenters. The number of nitrogens with zero attached hydrogens (tertiary/aromatic N) is 1. The van der Waals surface area contributed by atoms with E-state index in [4.69, 9.17) is 0 Å². The molecule has 1 rings (SSSR count). The lowest BCUT2D eigenvalue weighted by molar-refractivity contribution is 0.223. The van der Waals surface area contributed by atoms with Crippen LogP contribution in [0.5, 0.6) is 0 Å². The maximum atomic E-state index is 11.5. The number of sulfonamides is 1. The van der Waals surface area contributed by atoms with Gasteiger partial charge in [-0.15, -0.1) is 0 Å². The van der Waals surface area contributed by atoms with Crippen molar-refractivity contribution in [3.63, 3.8) is 0 Å². The Labute approximate surface area is 101 Å². The average Bonchev–Trinajstić information content (AvgIpc) is 2.27. The third kappa shape index (κ3) is 4.69. The van der Waals surface area contributed by atoms with Gasteiger partial charge in [-0.1, -0.05) is 30.3 Å². The number of amides is 2. The van der Waals surface area contributed by atoms with E-state index in [2.05, 4.69) is 0 Å². The van der Waals surface area contributed by atoms with Gasteiger partial charge in [-0.05, 0) is 11.6 Å². The van der Waals surface area contributed by atoms with Crippen LogP contribution in [0.1, 0.15) is 5.56 Å². The summed E-state index contributed by atoms with van der Waals surface area (Å²) in [5.74, 6) is 0. The van der Waals surface area contributed by atoms with Crippen molar-refractivity contribution in [3.8, 4) is 0 Å². The Hall–Kier alpha value is -1.82. The zero-order valence-electron chi connectivity index (χ0n) is 9.62. The van der Waals surface area contributed by atoms with Crippen LogP contribution in [0.2, 0.25) is 0 Å². The molecule has 92 valence electrons. The van der Waals surface area contributed by atoms with E-state index in [-0.39, 0.29) is 0 Å². The summed E-state index contributed by atoms with van der Waals surface area (Å²) in [6, 6.07) is 8.27. The first-order chi connectivity index (χ1) is 7.91. The lowest BCUT2D eigenvalue weighted by atomic mass is 10.2. The highest BCUT2D eigenvalue weighted by molar-refractivity contribution is 7.93. The molecule has 0 bridgehead atoms. The van der Waals surface area contributed by atoms with Gasteiger partial charge in [0.05, 0.1) is 5.41 Å². The Bertz CT molecular complexity index is 507. The van der Waals surface area contributed by atoms with Gasteiger partial charge in [0.25, 0.3) is 10.0 Å². The summed E-state index contributed by atoms with van der Waals surface area (Å²) in [4.78, 5) is 12.3. The highest BCUT2D eigenvalue weighted by Crippen LogP contribution is 2.02. The first kappa shape index (κ1) is 13.2. The van der Waals surface area contributed by atoms with Gasteiger partial charge in [0.2, 0.25) is 0 Å². The van der Waals surface area contributed by atoms with Gasteiger partial charge in [0.15, 0.2) is 0 Å². The molecule has 2 amide bonds. The monoisotopic (exact) mass is 254 g/mol. The molecule has 0 radical (unpaired) electrons. The molecule has 0 saturated carbocycles. The van der Waals surface area contributed by atoms with E-state index in [1.807, 2.05) is 10.8 Å². The van der Waals surface area contributed by atoms with Gasteiger partial charge < -0.3 is 4.90 Å². The molecule has 0 atom stereocenters. The lowest BCUT2D eigenvalue weighted by Gasteiger charge is -2.10. The van der Waals surface area contributed by atoms with Crippen LogP contribution in [0.15, 0.2) is 35.7 Å². The lowest BCUT2D eigenvalue weighted by Crippen LogP contribution is -2.37.